The fourth-order valence-electron chi connectivity index (χ4n) is 3.68. The maximum absolute atomic E-state index is 12.6. The lowest BCUT2D eigenvalue weighted by molar-refractivity contribution is -0.166. The van der Waals surface area contributed by atoms with Gasteiger partial charge in [0.1, 0.15) is 5.75 Å². The molecule has 2 saturated heterocycles. The van der Waals surface area contributed by atoms with Crippen molar-refractivity contribution >= 4 is 24.2 Å². The number of nitrogens with one attached hydrogen (secondary N) is 1. The second-order valence-corrected chi connectivity index (χ2v) is 7.09. The number of imide groups is 1. The second-order valence-electron chi connectivity index (χ2n) is 7.09. The first kappa shape index (κ1) is 24.4. The number of halogens is 4. The van der Waals surface area contributed by atoms with E-state index in [9.17, 15) is 22.8 Å². The molecule has 2 fully saturated rings. The van der Waals surface area contributed by atoms with E-state index in [4.69, 9.17) is 4.74 Å². The van der Waals surface area contributed by atoms with Crippen molar-refractivity contribution in [3.8, 4) is 5.75 Å². The average Bonchev–Trinajstić information content (AvgIpc) is 2.69. The standard InChI is InChI=1S/C19H25F3N4O3.ClH/c1-2-8-25-17(27)11-24(12-18(25)28)26-9-7-23-10-15(26)14-5-3-4-6-16(14)29-13-19(20,21)22;/h3-6,15,23H,2,7-13H2,1H3;1H. The van der Waals surface area contributed by atoms with E-state index in [2.05, 4.69) is 5.32 Å². The maximum atomic E-state index is 12.6. The molecule has 1 unspecified atom stereocenters. The topological polar surface area (TPSA) is 65.1 Å². The summed E-state index contributed by atoms with van der Waals surface area (Å²) in [4.78, 5) is 26.2. The molecular formula is C19H26ClF3N4O3. The Bertz CT molecular complexity index is 732. The van der Waals surface area contributed by atoms with Crippen LogP contribution >= 0.6 is 12.4 Å². The fraction of sp³-hybridized carbons (Fsp3) is 0.579. The Morgan fingerprint density at radius 1 is 1.17 bits per heavy atom. The van der Waals surface area contributed by atoms with E-state index in [-0.39, 0.29) is 49.1 Å². The number of hydrogen-bond donors (Lipinski definition) is 1. The molecule has 7 nitrogen and oxygen atoms in total. The van der Waals surface area contributed by atoms with Crippen LogP contribution in [0.15, 0.2) is 24.3 Å². The molecule has 30 heavy (non-hydrogen) atoms. The Balaban J connectivity index is 0.00000320. The molecule has 1 N–H and O–H groups in total. The summed E-state index contributed by atoms with van der Waals surface area (Å²) in [5.41, 5.74) is 0.583. The van der Waals surface area contributed by atoms with E-state index in [1.807, 2.05) is 11.9 Å². The third-order valence-corrected chi connectivity index (χ3v) is 4.93. The predicted molar refractivity (Wildman–Crippen MR) is 106 cm³/mol. The van der Waals surface area contributed by atoms with Crippen LogP contribution in [0.1, 0.15) is 24.9 Å². The Morgan fingerprint density at radius 3 is 2.47 bits per heavy atom. The zero-order valence-electron chi connectivity index (χ0n) is 16.7. The van der Waals surface area contributed by atoms with Gasteiger partial charge in [-0.25, -0.2) is 10.0 Å². The molecule has 0 aromatic heterocycles. The van der Waals surface area contributed by atoms with Gasteiger partial charge in [-0.05, 0) is 12.5 Å². The minimum atomic E-state index is -4.44. The first-order valence-electron chi connectivity index (χ1n) is 9.64. The summed E-state index contributed by atoms with van der Waals surface area (Å²) in [6.45, 7) is 2.66. The van der Waals surface area contributed by atoms with E-state index < -0.39 is 12.8 Å². The number of ether oxygens (including phenoxy) is 1. The van der Waals surface area contributed by atoms with Crippen molar-refractivity contribution in [2.75, 3.05) is 45.9 Å². The summed E-state index contributed by atoms with van der Waals surface area (Å²) in [6.07, 6.45) is -3.75. The van der Waals surface area contributed by atoms with E-state index >= 15 is 0 Å². The summed E-state index contributed by atoms with van der Waals surface area (Å²) in [5.74, 6) is -0.380. The number of para-hydroxylation sites is 1. The van der Waals surface area contributed by atoms with Gasteiger partial charge in [-0.15, -0.1) is 12.4 Å². The number of benzene rings is 1. The van der Waals surface area contributed by atoms with Crippen LogP contribution in [0.4, 0.5) is 13.2 Å². The van der Waals surface area contributed by atoms with Crippen molar-refractivity contribution < 1.29 is 27.5 Å². The molecule has 0 radical (unpaired) electrons. The van der Waals surface area contributed by atoms with Crippen molar-refractivity contribution in [2.45, 2.75) is 25.6 Å². The molecule has 2 amide bonds. The Morgan fingerprint density at radius 2 is 1.83 bits per heavy atom. The van der Waals surface area contributed by atoms with Gasteiger partial charge >= 0.3 is 6.18 Å². The van der Waals surface area contributed by atoms with Crippen molar-refractivity contribution in [3.63, 3.8) is 0 Å². The third kappa shape index (κ3) is 5.84. The number of nitrogens with zero attached hydrogens (tertiary/aromatic N) is 3. The van der Waals surface area contributed by atoms with Crippen LogP contribution in [-0.4, -0.2) is 78.8 Å². The number of rotatable bonds is 6. The number of hydrogen-bond acceptors (Lipinski definition) is 6. The minimum absolute atomic E-state index is 0. The number of hydrazine groups is 1. The molecule has 1 atom stereocenters. The van der Waals surface area contributed by atoms with Crippen LogP contribution in [0.3, 0.4) is 0 Å². The van der Waals surface area contributed by atoms with Gasteiger partial charge in [0.05, 0.1) is 19.1 Å². The van der Waals surface area contributed by atoms with Crippen molar-refractivity contribution in [1.82, 2.24) is 20.2 Å². The molecule has 168 valence electrons. The largest absolute Gasteiger partial charge is 0.484 e. The normalized spacial score (nSPS) is 21.5. The SMILES string of the molecule is CCCN1C(=O)CN(N2CCNCC2c2ccccc2OCC(F)(F)F)CC1=O.Cl. The second kappa shape index (κ2) is 10.4. The molecular weight excluding hydrogens is 425 g/mol. The van der Waals surface area contributed by atoms with Gasteiger partial charge < -0.3 is 10.1 Å². The highest BCUT2D eigenvalue weighted by Gasteiger charge is 2.38. The first-order valence-corrected chi connectivity index (χ1v) is 9.64. The summed E-state index contributed by atoms with van der Waals surface area (Å²) >= 11 is 0. The average molecular weight is 451 g/mol. The van der Waals surface area contributed by atoms with Crippen molar-refractivity contribution in [2.24, 2.45) is 0 Å². The molecule has 0 saturated carbocycles. The molecule has 3 rings (SSSR count). The molecule has 2 aliphatic rings. The van der Waals surface area contributed by atoms with Crippen LogP contribution in [0.2, 0.25) is 0 Å². The Labute approximate surface area is 179 Å². The number of carbonyl (C=O) groups is 2. The van der Waals surface area contributed by atoms with Crippen molar-refractivity contribution in [1.29, 1.82) is 0 Å². The van der Waals surface area contributed by atoms with Gasteiger partial charge in [0.15, 0.2) is 6.61 Å². The minimum Gasteiger partial charge on any atom is -0.484 e. The molecule has 0 bridgehead atoms. The quantitative estimate of drug-likeness (QED) is 0.669. The zero-order valence-corrected chi connectivity index (χ0v) is 17.5. The van der Waals surface area contributed by atoms with Gasteiger partial charge in [0, 0.05) is 31.7 Å². The zero-order chi connectivity index (χ0) is 21.0. The molecule has 0 spiro atoms. The monoisotopic (exact) mass is 450 g/mol. The smallest absolute Gasteiger partial charge is 0.422 e. The predicted octanol–water partition coefficient (Wildman–Crippen LogP) is 1.99. The van der Waals surface area contributed by atoms with E-state index in [0.29, 0.717) is 38.2 Å². The van der Waals surface area contributed by atoms with E-state index in [1.54, 1.807) is 23.2 Å². The van der Waals surface area contributed by atoms with E-state index in [1.165, 1.54) is 11.0 Å². The van der Waals surface area contributed by atoms with Crippen LogP contribution < -0.4 is 10.1 Å². The maximum Gasteiger partial charge on any atom is 0.422 e. The molecule has 11 heteroatoms. The molecule has 1 aromatic carbocycles. The third-order valence-electron chi connectivity index (χ3n) is 4.93. The number of alkyl halides is 3. The highest BCUT2D eigenvalue weighted by Crippen LogP contribution is 2.32. The summed E-state index contributed by atoms with van der Waals surface area (Å²) in [5, 5.41) is 6.82. The van der Waals surface area contributed by atoms with Crippen LogP contribution in [0.5, 0.6) is 5.75 Å². The molecule has 2 aliphatic heterocycles. The number of carbonyl (C=O) groups excluding carboxylic acids is 2. The van der Waals surface area contributed by atoms with E-state index in [0.717, 1.165) is 0 Å². The Kier molecular flexibility index (Phi) is 8.48. The van der Waals surface area contributed by atoms with Gasteiger partial charge in [0.25, 0.3) is 0 Å². The summed E-state index contributed by atoms with van der Waals surface area (Å²) in [6, 6.07) is 6.22. The molecule has 0 aliphatic carbocycles. The van der Waals surface area contributed by atoms with Gasteiger partial charge in [0.2, 0.25) is 11.8 Å². The summed E-state index contributed by atoms with van der Waals surface area (Å²) < 4.78 is 42.9. The lowest BCUT2D eigenvalue weighted by Crippen LogP contribution is -2.62. The molecule has 1 aromatic rings. The van der Waals surface area contributed by atoms with Gasteiger partial charge in [-0.3, -0.25) is 14.5 Å². The lowest BCUT2D eigenvalue weighted by Gasteiger charge is -2.45. The fourth-order valence-corrected chi connectivity index (χ4v) is 3.68. The molecule has 2 heterocycles. The van der Waals surface area contributed by atoms with Crippen LogP contribution in [0.25, 0.3) is 0 Å². The van der Waals surface area contributed by atoms with Crippen molar-refractivity contribution in [3.05, 3.63) is 29.8 Å². The highest BCUT2D eigenvalue weighted by atomic mass is 35.5. The number of amides is 2. The highest BCUT2D eigenvalue weighted by molar-refractivity contribution is 5.99. The van der Waals surface area contributed by atoms with Crippen LogP contribution in [-0.2, 0) is 9.59 Å². The van der Waals surface area contributed by atoms with Gasteiger partial charge in [-0.1, -0.05) is 25.1 Å². The number of piperazine rings is 2. The summed E-state index contributed by atoms with van der Waals surface area (Å²) in [7, 11) is 0. The lowest BCUT2D eigenvalue weighted by atomic mass is 10.0. The van der Waals surface area contributed by atoms with Crippen LogP contribution in [0, 0.1) is 0 Å². The Hall–Kier alpha value is -1.88. The first-order chi connectivity index (χ1) is 13.8. The van der Waals surface area contributed by atoms with Gasteiger partial charge in [-0.2, -0.15) is 13.2 Å².